The molecular weight excluding hydrogens is 289 g/mol. The molecule has 1 heterocycles. The van der Waals surface area contributed by atoms with Crippen molar-refractivity contribution in [1.82, 2.24) is 4.90 Å². The van der Waals surface area contributed by atoms with Crippen molar-refractivity contribution in [2.24, 2.45) is 11.7 Å². The van der Waals surface area contributed by atoms with Crippen LogP contribution in [0.2, 0.25) is 5.02 Å². The molecule has 1 aliphatic heterocycles. The number of likely N-dealkylation sites (tertiary alicyclic amines) is 1. The van der Waals surface area contributed by atoms with Crippen molar-refractivity contribution < 1.29 is 13.2 Å². The van der Waals surface area contributed by atoms with Crippen LogP contribution >= 0.6 is 11.6 Å². The molecular formula is C14H18ClF3N2. The molecule has 0 radical (unpaired) electrons. The normalized spacial score (nSPS) is 20.1. The van der Waals surface area contributed by atoms with E-state index in [1.807, 2.05) is 12.1 Å². The fourth-order valence-corrected chi connectivity index (χ4v) is 2.81. The molecule has 1 fully saturated rings. The highest BCUT2D eigenvalue weighted by Gasteiger charge is 2.33. The number of nitrogens with zero attached hydrogens (tertiary/aromatic N) is 1. The Morgan fingerprint density at radius 2 is 1.75 bits per heavy atom. The zero-order chi connectivity index (χ0) is 14.8. The van der Waals surface area contributed by atoms with Crippen molar-refractivity contribution in [1.29, 1.82) is 0 Å². The van der Waals surface area contributed by atoms with Gasteiger partial charge in [-0.3, -0.25) is 4.90 Å². The third kappa shape index (κ3) is 4.36. The first-order chi connectivity index (χ1) is 9.35. The summed E-state index contributed by atoms with van der Waals surface area (Å²) in [7, 11) is 0. The first-order valence-corrected chi connectivity index (χ1v) is 7.03. The molecule has 1 aromatic rings. The van der Waals surface area contributed by atoms with E-state index in [-0.39, 0.29) is 12.0 Å². The maximum Gasteiger partial charge on any atom is 0.401 e. The Morgan fingerprint density at radius 3 is 2.25 bits per heavy atom. The number of piperidine rings is 1. The van der Waals surface area contributed by atoms with Crippen molar-refractivity contribution >= 4 is 11.6 Å². The molecule has 1 saturated heterocycles. The van der Waals surface area contributed by atoms with Gasteiger partial charge in [0.2, 0.25) is 0 Å². The maximum absolute atomic E-state index is 12.3. The van der Waals surface area contributed by atoms with Crippen LogP contribution in [0.15, 0.2) is 24.3 Å². The van der Waals surface area contributed by atoms with Gasteiger partial charge in [0.25, 0.3) is 0 Å². The summed E-state index contributed by atoms with van der Waals surface area (Å²) < 4.78 is 37.0. The second-order valence-corrected chi connectivity index (χ2v) is 5.74. The number of nitrogens with two attached hydrogens (primary N) is 1. The smallest absolute Gasteiger partial charge is 0.324 e. The number of benzene rings is 1. The highest BCUT2D eigenvalue weighted by atomic mass is 35.5. The molecule has 2 N–H and O–H groups in total. The Bertz CT molecular complexity index is 425. The summed E-state index contributed by atoms with van der Waals surface area (Å²) in [5, 5.41) is 0.654. The van der Waals surface area contributed by atoms with E-state index in [1.54, 1.807) is 12.1 Å². The van der Waals surface area contributed by atoms with Crippen LogP contribution in [0.5, 0.6) is 0 Å². The molecule has 0 aliphatic carbocycles. The van der Waals surface area contributed by atoms with Crippen molar-refractivity contribution in [2.75, 3.05) is 19.6 Å². The van der Waals surface area contributed by atoms with Crippen LogP contribution in [0.1, 0.15) is 24.4 Å². The molecule has 0 aromatic heterocycles. The van der Waals surface area contributed by atoms with Gasteiger partial charge in [0.15, 0.2) is 0 Å². The molecule has 1 aromatic carbocycles. The molecule has 112 valence electrons. The zero-order valence-electron chi connectivity index (χ0n) is 11.0. The molecule has 20 heavy (non-hydrogen) atoms. The summed E-state index contributed by atoms with van der Waals surface area (Å²) in [6.07, 6.45) is -2.73. The standard InChI is InChI=1S/C14H18ClF3N2/c15-12-3-1-10(2-4-12)13(19)11-5-7-20(8-6-11)9-14(16,17)18/h1-4,11,13H,5-9,19H2. The Morgan fingerprint density at radius 1 is 1.20 bits per heavy atom. The lowest BCUT2D eigenvalue weighted by atomic mass is 9.86. The summed E-state index contributed by atoms with van der Waals surface area (Å²) in [6, 6.07) is 7.20. The monoisotopic (exact) mass is 306 g/mol. The highest BCUT2D eigenvalue weighted by Crippen LogP contribution is 2.30. The third-order valence-corrected chi connectivity index (χ3v) is 4.05. The number of hydrogen-bond donors (Lipinski definition) is 1. The Hall–Kier alpha value is -0.780. The summed E-state index contributed by atoms with van der Waals surface area (Å²) in [5.41, 5.74) is 7.20. The van der Waals surface area contributed by atoms with Gasteiger partial charge in [-0.25, -0.2) is 0 Å². The molecule has 0 amide bonds. The van der Waals surface area contributed by atoms with Gasteiger partial charge in [0.05, 0.1) is 6.54 Å². The van der Waals surface area contributed by atoms with Crippen LogP contribution in [-0.4, -0.2) is 30.7 Å². The molecule has 1 atom stereocenters. The van der Waals surface area contributed by atoms with Gasteiger partial charge in [-0.05, 0) is 49.5 Å². The molecule has 0 saturated carbocycles. The average Bonchev–Trinajstić information content (AvgIpc) is 2.38. The van der Waals surface area contributed by atoms with E-state index >= 15 is 0 Å². The van der Waals surface area contributed by atoms with Crippen LogP contribution in [0, 0.1) is 5.92 Å². The van der Waals surface area contributed by atoms with Crippen LogP contribution in [0.3, 0.4) is 0 Å². The lowest BCUT2D eigenvalue weighted by Crippen LogP contribution is -2.42. The molecule has 2 rings (SSSR count). The Labute approximate surface area is 121 Å². The average molecular weight is 307 g/mol. The van der Waals surface area contributed by atoms with Crippen LogP contribution in [-0.2, 0) is 0 Å². The van der Waals surface area contributed by atoms with E-state index in [4.69, 9.17) is 17.3 Å². The van der Waals surface area contributed by atoms with Gasteiger partial charge in [0.1, 0.15) is 0 Å². The van der Waals surface area contributed by atoms with Crippen molar-refractivity contribution in [2.45, 2.75) is 25.1 Å². The number of hydrogen-bond acceptors (Lipinski definition) is 2. The lowest BCUT2D eigenvalue weighted by Gasteiger charge is -2.35. The largest absolute Gasteiger partial charge is 0.401 e. The summed E-state index contributed by atoms with van der Waals surface area (Å²) in [6.45, 7) is 0.0762. The van der Waals surface area contributed by atoms with Crippen molar-refractivity contribution in [3.8, 4) is 0 Å². The summed E-state index contributed by atoms with van der Waals surface area (Å²) in [4.78, 5) is 1.45. The number of halogens is 4. The van der Waals surface area contributed by atoms with Gasteiger partial charge in [-0.1, -0.05) is 23.7 Å². The van der Waals surface area contributed by atoms with Gasteiger partial charge in [-0.15, -0.1) is 0 Å². The third-order valence-electron chi connectivity index (χ3n) is 3.80. The highest BCUT2D eigenvalue weighted by molar-refractivity contribution is 6.30. The fourth-order valence-electron chi connectivity index (χ4n) is 2.68. The van der Waals surface area contributed by atoms with Crippen LogP contribution < -0.4 is 5.73 Å². The minimum atomic E-state index is -4.12. The summed E-state index contributed by atoms with van der Waals surface area (Å²) in [5.74, 6) is 0.223. The molecule has 0 spiro atoms. The lowest BCUT2D eigenvalue weighted by molar-refractivity contribution is -0.148. The molecule has 2 nitrogen and oxygen atoms in total. The first-order valence-electron chi connectivity index (χ1n) is 6.65. The minimum absolute atomic E-state index is 0.139. The second-order valence-electron chi connectivity index (χ2n) is 5.31. The van der Waals surface area contributed by atoms with E-state index in [0.717, 1.165) is 5.56 Å². The van der Waals surface area contributed by atoms with E-state index < -0.39 is 12.7 Å². The van der Waals surface area contributed by atoms with Gasteiger partial charge in [-0.2, -0.15) is 13.2 Å². The van der Waals surface area contributed by atoms with Crippen molar-refractivity contribution in [3.63, 3.8) is 0 Å². The van der Waals surface area contributed by atoms with E-state index in [1.165, 1.54) is 4.90 Å². The molecule has 6 heteroatoms. The first kappa shape index (κ1) is 15.6. The molecule has 0 bridgehead atoms. The summed E-state index contributed by atoms with van der Waals surface area (Å²) >= 11 is 5.83. The van der Waals surface area contributed by atoms with Gasteiger partial charge >= 0.3 is 6.18 Å². The van der Waals surface area contributed by atoms with E-state index in [0.29, 0.717) is 31.0 Å². The Balaban J connectivity index is 1.88. The molecule has 1 aliphatic rings. The van der Waals surface area contributed by atoms with E-state index in [9.17, 15) is 13.2 Å². The van der Waals surface area contributed by atoms with Crippen LogP contribution in [0.4, 0.5) is 13.2 Å². The van der Waals surface area contributed by atoms with Gasteiger partial charge in [0, 0.05) is 11.1 Å². The Kier molecular flexibility index (Phi) is 4.94. The predicted molar refractivity (Wildman–Crippen MR) is 73.6 cm³/mol. The minimum Gasteiger partial charge on any atom is -0.324 e. The van der Waals surface area contributed by atoms with Crippen LogP contribution in [0.25, 0.3) is 0 Å². The SMILES string of the molecule is NC(c1ccc(Cl)cc1)C1CCN(CC(F)(F)F)CC1. The second kappa shape index (κ2) is 6.33. The zero-order valence-corrected chi connectivity index (χ0v) is 11.8. The van der Waals surface area contributed by atoms with E-state index in [2.05, 4.69) is 0 Å². The van der Waals surface area contributed by atoms with Crippen molar-refractivity contribution in [3.05, 3.63) is 34.9 Å². The molecule has 1 unspecified atom stereocenters. The maximum atomic E-state index is 12.3. The fraction of sp³-hybridized carbons (Fsp3) is 0.571. The topological polar surface area (TPSA) is 29.3 Å². The number of rotatable bonds is 3. The number of alkyl halides is 3. The van der Waals surface area contributed by atoms with Gasteiger partial charge < -0.3 is 5.73 Å². The predicted octanol–water partition coefficient (Wildman–Crippen LogP) is 3.61. The quantitative estimate of drug-likeness (QED) is 0.924.